The summed E-state index contributed by atoms with van der Waals surface area (Å²) in [6.07, 6.45) is 1.78. The smallest absolute Gasteiger partial charge is 0.410 e. The van der Waals surface area contributed by atoms with E-state index >= 15 is 0 Å². The molecule has 6 heteroatoms. The van der Waals surface area contributed by atoms with Gasteiger partial charge in [0, 0.05) is 24.7 Å². The van der Waals surface area contributed by atoms with E-state index < -0.39 is 5.60 Å². The molecule has 1 saturated heterocycles. The van der Waals surface area contributed by atoms with Crippen molar-refractivity contribution in [3.05, 3.63) is 23.4 Å². The van der Waals surface area contributed by atoms with Crippen molar-refractivity contribution in [2.75, 3.05) is 6.54 Å². The second-order valence-electron chi connectivity index (χ2n) is 6.91. The molecule has 1 aliphatic rings. The average Bonchev–Trinajstić information content (AvgIpc) is 2.78. The van der Waals surface area contributed by atoms with E-state index in [1.54, 1.807) is 11.0 Å². The van der Waals surface area contributed by atoms with Crippen LogP contribution in [0.4, 0.5) is 4.79 Å². The van der Waals surface area contributed by atoms with Gasteiger partial charge < -0.3 is 14.4 Å². The predicted octanol–water partition coefficient (Wildman–Crippen LogP) is 3.04. The van der Waals surface area contributed by atoms with Gasteiger partial charge in [-0.05, 0) is 40.2 Å². The van der Waals surface area contributed by atoms with Gasteiger partial charge in [-0.2, -0.15) is 5.26 Å². The summed E-state index contributed by atoms with van der Waals surface area (Å²) in [5, 5.41) is 8.93. The molecule has 0 aliphatic carbocycles. The zero-order valence-corrected chi connectivity index (χ0v) is 14.3. The van der Waals surface area contributed by atoms with Gasteiger partial charge in [0.2, 0.25) is 5.88 Å². The molecule has 1 aromatic rings. The number of nitrogens with zero attached hydrogens (tertiary/aromatic N) is 3. The van der Waals surface area contributed by atoms with Crippen LogP contribution in [-0.2, 0) is 4.74 Å². The molecule has 2 heterocycles. The van der Waals surface area contributed by atoms with Crippen LogP contribution in [0.5, 0.6) is 5.88 Å². The molecule has 1 amide bonds. The first-order valence-electron chi connectivity index (χ1n) is 7.72. The Morgan fingerprint density at radius 2 is 2.17 bits per heavy atom. The fraction of sp³-hybridized carbons (Fsp3) is 0.588. The Hall–Kier alpha value is -2.29. The van der Waals surface area contributed by atoms with E-state index in [-0.39, 0.29) is 18.2 Å². The van der Waals surface area contributed by atoms with Crippen molar-refractivity contribution in [3.63, 3.8) is 0 Å². The molecule has 6 nitrogen and oxygen atoms in total. The zero-order valence-electron chi connectivity index (χ0n) is 14.3. The number of hydrogen-bond acceptors (Lipinski definition) is 5. The molecule has 0 radical (unpaired) electrons. The minimum atomic E-state index is -0.512. The van der Waals surface area contributed by atoms with E-state index in [0.717, 1.165) is 12.0 Å². The topological polar surface area (TPSA) is 75.4 Å². The third-order valence-corrected chi connectivity index (χ3v) is 3.66. The molecule has 1 aromatic heterocycles. The van der Waals surface area contributed by atoms with Crippen LogP contribution in [0.25, 0.3) is 0 Å². The lowest BCUT2D eigenvalue weighted by Crippen LogP contribution is -2.39. The highest BCUT2D eigenvalue weighted by atomic mass is 16.6. The Morgan fingerprint density at radius 3 is 2.74 bits per heavy atom. The van der Waals surface area contributed by atoms with Crippen molar-refractivity contribution in [2.24, 2.45) is 0 Å². The molecule has 0 bridgehead atoms. The lowest BCUT2D eigenvalue weighted by Gasteiger charge is -2.26. The van der Waals surface area contributed by atoms with Gasteiger partial charge >= 0.3 is 6.09 Å². The maximum absolute atomic E-state index is 12.2. The first kappa shape index (κ1) is 17.1. The second-order valence-corrected chi connectivity index (χ2v) is 6.91. The fourth-order valence-corrected chi connectivity index (χ4v) is 2.52. The number of carbonyl (C=O) groups excluding carboxylic acids is 1. The predicted molar refractivity (Wildman–Crippen MR) is 85.1 cm³/mol. The van der Waals surface area contributed by atoms with Crippen LogP contribution in [0.3, 0.4) is 0 Å². The molecule has 0 unspecified atom stereocenters. The van der Waals surface area contributed by atoms with Crippen LogP contribution < -0.4 is 4.74 Å². The van der Waals surface area contributed by atoms with E-state index in [4.69, 9.17) is 14.7 Å². The molecule has 2 atom stereocenters. The van der Waals surface area contributed by atoms with E-state index in [2.05, 4.69) is 11.1 Å². The lowest BCUT2D eigenvalue weighted by molar-refractivity contribution is 0.0223. The highest BCUT2D eigenvalue weighted by Gasteiger charge is 2.36. The summed E-state index contributed by atoms with van der Waals surface area (Å²) >= 11 is 0. The minimum Gasteiger partial charge on any atom is -0.472 e. The van der Waals surface area contributed by atoms with Crippen molar-refractivity contribution < 1.29 is 14.3 Å². The zero-order chi connectivity index (χ0) is 17.2. The van der Waals surface area contributed by atoms with E-state index in [1.165, 1.54) is 6.20 Å². The van der Waals surface area contributed by atoms with Gasteiger partial charge in [0.1, 0.15) is 17.8 Å². The summed E-state index contributed by atoms with van der Waals surface area (Å²) in [4.78, 5) is 18.0. The highest BCUT2D eigenvalue weighted by Crippen LogP contribution is 2.24. The summed E-state index contributed by atoms with van der Waals surface area (Å²) in [7, 11) is 0. The largest absolute Gasteiger partial charge is 0.472 e. The van der Waals surface area contributed by atoms with Crippen LogP contribution in [-0.4, -0.2) is 40.3 Å². The Kier molecular flexibility index (Phi) is 4.79. The van der Waals surface area contributed by atoms with E-state index in [9.17, 15) is 4.79 Å². The van der Waals surface area contributed by atoms with E-state index in [0.29, 0.717) is 18.0 Å². The first-order valence-corrected chi connectivity index (χ1v) is 7.72. The average molecular weight is 317 g/mol. The maximum Gasteiger partial charge on any atom is 0.410 e. The van der Waals surface area contributed by atoms with Crippen molar-refractivity contribution >= 4 is 6.09 Å². The summed E-state index contributed by atoms with van der Waals surface area (Å²) in [5.41, 5.74) is 0.849. The van der Waals surface area contributed by atoms with Gasteiger partial charge in [-0.25, -0.2) is 9.78 Å². The Labute approximate surface area is 137 Å². The Morgan fingerprint density at radius 1 is 1.48 bits per heavy atom. The number of nitriles is 1. The van der Waals surface area contributed by atoms with Gasteiger partial charge in [0.25, 0.3) is 0 Å². The van der Waals surface area contributed by atoms with Gasteiger partial charge in [-0.3, -0.25) is 0 Å². The number of rotatable bonds is 2. The Bertz CT molecular complexity index is 631. The lowest BCUT2D eigenvalue weighted by atomic mass is 10.2. The van der Waals surface area contributed by atoms with Crippen LogP contribution in [0.15, 0.2) is 12.3 Å². The van der Waals surface area contributed by atoms with Gasteiger partial charge in [0.15, 0.2) is 0 Å². The third-order valence-electron chi connectivity index (χ3n) is 3.66. The van der Waals surface area contributed by atoms with Crippen molar-refractivity contribution in [1.29, 1.82) is 5.26 Å². The summed E-state index contributed by atoms with van der Waals surface area (Å²) < 4.78 is 11.3. The van der Waals surface area contributed by atoms with Crippen molar-refractivity contribution in [2.45, 2.75) is 58.8 Å². The van der Waals surface area contributed by atoms with Gasteiger partial charge in [0.05, 0.1) is 12.1 Å². The molecule has 1 aliphatic heterocycles. The van der Waals surface area contributed by atoms with Crippen LogP contribution in [0.2, 0.25) is 0 Å². The second kappa shape index (κ2) is 6.45. The molecule has 0 saturated carbocycles. The minimum absolute atomic E-state index is 0.0503. The Balaban J connectivity index is 2.00. The molecule has 1 fully saturated rings. The van der Waals surface area contributed by atoms with Crippen LogP contribution in [0.1, 0.15) is 45.2 Å². The number of likely N-dealkylation sites (tertiary alicyclic amines) is 1. The number of aromatic nitrogens is 1. The number of carbonyl (C=O) groups is 1. The number of hydrogen-bond donors (Lipinski definition) is 0. The molecular weight excluding hydrogens is 294 g/mol. The monoisotopic (exact) mass is 317 g/mol. The summed E-state index contributed by atoms with van der Waals surface area (Å²) in [5.74, 6) is 0.477. The number of amides is 1. The van der Waals surface area contributed by atoms with Gasteiger partial charge in [-0.1, -0.05) is 0 Å². The standard InChI is InChI=1S/C17H23N3O3/c1-11-6-15(19-9-13(11)8-18)22-14-7-12(2)20(10-14)16(21)23-17(3,4)5/h6,9,12,14H,7,10H2,1-5H3/t12-,14+/m0/s1. The number of pyridine rings is 1. The normalized spacial score (nSPS) is 21.0. The van der Waals surface area contributed by atoms with Crippen molar-refractivity contribution in [3.8, 4) is 11.9 Å². The first-order chi connectivity index (χ1) is 10.7. The van der Waals surface area contributed by atoms with Crippen molar-refractivity contribution in [1.82, 2.24) is 9.88 Å². The molecule has 2 rings (SSSR count). The number of ether oxygens (including phenoxy) is 2. The quantitative estimate of drug-likeness (QED) is 0.838. The molecule has 23 heavy (non-hydrogen) atoms. The summed E-state index contributed by atoms with van der Waals surface area (Å²) in [6, 6.07) is 3.88. The highest BCUT2D eigenvalue weighted by molar-refractivity contribution is 5.69. The summed E-state index contributed by atoms with van der Waals surface area (Å²) in [6.45, 7) is 9.84. The van der Waals surface area contributed by atoms with Crippen LogP contribution >= 0.6 is 0 Å². The third kappa shape index (κ3) is 4.35. The van der Waals surface area contributed by atoms with Crippen LogP contribution in [0, 0.1) is 18.3 Å². The molecule has 0 aromatic carbocycles. The maximum atomic E-state index is 12.2. The number of aryl methyl sites for hydroxylation is 1. The molecular formula is C17H23N3O3. The van der Waals surface area contributed by atoms with Gasteiger partial charge in [-0.15, -0.1) is 0 Å². The fourth-order valence-electron chi connectivity index (χ4n) is 2.52. The van der Waals surface area contributed by atoms with E-state index in [1.807, 2.05) is 34.6 Å². The molecule has 124 valence electrons. The molecule has 0 N–H and O–H groups in total. The molecule has 0 spiro atoms. The SMILES string of the molecule is Cc1cc(O[C@@H]2C[C@H](C)N(C(=O)OC(C)(C)C)C2)ncc1C#N.